The number of carbonyl (C=O) groups is 1. The maximum Gasteiger partial charge on any atom is 0.281 e. The zero-order chi connectivity index (χ0) is 19.7. The largest absolute Gasteiger partial charge is 0.506 e. The number of ether oxygens (including phenoxy) is 1. The topological polar surface area (TPSA) is 53.0 Å². The molecule has 0 aromatic heterocycles. The molecule has 2 aromatic carbocycles. The molecular formula is C19H16Br2N2O3S. The van der Waals surface area contributed by atoms with E-state index in [9.17, 15) is 9.90 Å². The summed E-state index contributed by atoms with van der Waals surface area (Å²) >= 11 is 12.2. The van der Waals surface area contributed by atoms with Gasteiger partial charge in [0.25, 0.3) is 5.91 Å². The van der Waals surface area contributed by atoms with Crippen molar-refractivity contribution in [2.75, 3.05) is 18.6 Å². The predicted octanol–water partition coefficient (Wildman–Crippen LogP) is 4.92. The quantitative estimate of drug-likeness (QED) is 0.466. The highest BCUT2D eigenvalue weighted by molar-refractivity contribution is 9.11. The number of hydrogen-bond acceptors (Lipinski definition) is 4. The molecule has 1 aliphatic rings. The second-order valence-corrected chi connectivity index (χ2v) is 7.90. The minimum atomic E-state index is -0.262. The van der Waals surface area contributed by atoms with Crippen LogP contribution < -0.4 is 9.64 Å². The standard InChI is InChI=1S/C19H16Br2N2O3S/c1-3-26-14-6-4-13(5-7-14)23-18(25)16(22(2)19(23)27)9-11-8-12(20)10-15(21)17(11)24/h4-10,24H,3H2,1-2H3/b16-9-. The number of likely N-dealkylation sites (N-methyl/N-ethyl adjacent to an activating group) is 1. The summed E-state index contributed by atoms with van der Waals surface area (Å²) in [5.74, 6) is 0.520. The maximum atomic E-state index is 13.0. The van der Waals surface area contributed by atoms with Crippen LogP contribution in [0.5, 0.6) is 11.5 Å². The second kappa shape index (κ2) is 8.00. The van der Waals surface area contributed by atoms with Gasteiger partial charge in [-0.25, -0.2) is 0 Å². The van der Waals surface area contributed by atoms with Crippen LogP contribution in [0, 0.1) is 0 Å². The van der Waals surface area contributed by atoms with Crippen molar-refractivity contribution in [2.24, 2.45) is 0 Å². The Balaban J connectivity index is 1.98. The smallest absolute Gasteiger partial charge is 0.281 e. The number of nitrogens with zero attached hydrogens (tertiary/aromatic N) is 2. The third kappa shape index (κ3) is 3.88. The summed E-state index contributed by atoms with van der Waals surface area (Å²) in [7, 11) is 1.73. The van der Waals surface area contributed by atoms with Crippen LogP contribution in [0.1, 0.15) is 12.5 Å². The van der Waals surface area contributed by atoms with Gasteiger partial charge in [0.05, 0.1) is 16.8 Å². The summed E-state index contributed by atoms with van der Waals surface area (Å²) < 4.78 is 6.75. The first-order chi connectivity index (χ1) is 12.8. The van der Waals surface area contributed by atoms with Crippen molar-refractivity contribution in [3.05, 3.63) is 56.6 Å². The molecule has 0 bridgehead atoms. The highest BCUT2D eigenvalue weighted by Gasteiger charge is 2.37. The lowest BCUT2D eigenvalue weighted by atomic mass is 10.1. The average Bonchev–Trinajstić information content (AvgIpc) is 2.84. The number of hydrogen-bond donors (Lipinski definition) is 1. The van der Waals surface area contributed by atoms with Gasteiger partial charge in [0.15, 0.2) is 5.11 Å². The SMILES string of the molecule is CCOc1ccc(N2C(=O)/C(=C/c3cc(Br)cc(Br)c3O)N(C)C2=S)cc1. The van der Waals surface area contributed by atoms with E-state index in [0.29, 0.717) is 33.1 Å². The van der Waals surface area contributed by atoms with E-state index in [1.165, 1.54) is 4.90 Å². The van der Waals surface area contributed by atoms with Gasteiger partial charge in [0.2, 0.25) is 0 Å². The first-order valence-corrected chi connectivity index (χ1v) is 10.1. The first kappa shape index (κ1) is 19.9. The Kier molecular flexibility index (Phi) is 5.88. The lowest BCUT2D eigenvalue weighted by Gasteiger charge is -2.16. The van der Waals surface area contributed by atoms with Crippen LogP contribution in [0.2, 0.25) is 0 Å². The Labute approximate surface area is 179 Å². The molecule has 1 N–H and O–H groups in total. The van der Waals surface area contributed by atoms with Crippen LogP contribution in [0.4, 0.5) is 5.69 Å². The van der Waals surface area contributed by atoms with E-state index in [1.807, 2.05) is 6.92 Å². The molecule has 0 unspecified atom stereocenters. The predicted molar refractivity (Wildman–Crippen MR) is 117 cm³/mol. The van der Waals surface area contributed by atoms with E-state index in [0.717, 1.165) is 10.2 Å². The van der Waals surface area contributed by atoms with E-state index in [2.05, 4.69) is 31.9 Å². The van der Waals surface area contributed by atoms with Gasteiger partial charge in [-0.2, -0.15) is 0 Å². The Morgan fingerprint density at radius 2 is 1.89 bits per heavy atom. The fourth-order valence-electron chi connectivity index (χ4n) is 2.69. The van der Waals surface area contributed by atoms with Gasteiger partial charge in [-0.3, -0.25) is 9.69 Å². The number of halogens is 2. The van der Waals surface area contributed by atoms with E-state index in [4.69, 9.17) is 17.0 Å². The van der Waals surface area contributed by atoms with Gasteiger partial charge in [0, 0.05) is 17.1 Å². The minimum absolute atomic E-state index is 0.0531. The van der Waals surface area contributed by atoms with E-state index in [1.54, 1.807) is 54.4 Å². The zero-order valence-electron chi connectivity index (χ0n) is 14.6. The molecule has 0 aliphatic carbocycles. The van der Waals surface area contributed by atoms with Crippen molar-refractivity contribution < 1.29 is 14.6 Å². The molecule has 8 heteroatoms. The van der Waals surface area contributed by atoms with Crippen molar-refractivity contribution in [2.45, 2.75) is 6.92 Å². The number of thiocarbonyl (C=S) groups is 1. The molecule has 0 radical (unpaired) electrons. The van der Waals surface area contributed by atoms with Crippen LogP contribution in [0.3, 0.4) is 0 Å². The molecule has 2 aromatic rings. The normalized spacial score (nSPS) is 15.8. The average molecular weight is 512 g/mol. The Morgan fingerprint density at radius 1 is 1.22 bits per heavy atom. The van der Waals surface area contributed by atoms with Crippen molar-refractivity contribution >= 4 is 66.9 Å². The number of carbonyl (C=O) groups excluding carboxylic acids is 1. The van der Waals surface area contributed by atoms with E-state index >= 15 is 0 Å². The maximum absolute atomic E-state index is 13.0. The summed E-state index contributed by atoms with van der Waals surface area (Å²) in [5.41, 5.74) is 1.53. The second-order valence-electron chi connectivity index (χ2n) is 5.76. The number of anilines is 1. The zero-order valence-corrected chi connectivity index (χ0v) is 18.6. The summed E-state index contributed by atoms with van der Waals surface area (Å²) in [5, 5.41) is 10.6. The molecule has 1 heterocycles. The van der Waals surface area contributed by atoms with Gasteiger partial charge >= 0.3 is 0 Å². The molecular weight excluding hydrogens is 496 g/mol. The molecule has 1 fully saturated rings. The lowest BCUT2D eigenvalue weighted by Crippen LogP contribution is -2.31. The third-order valence-electron chi connectivity index (χ3n) is 4.02. The highest BCUT2D eigenvalue weighted by Crippen LogP contribution is 2.35. The molecule has 1 aliphatic heterocycles. The fourth-order valence-corrected chi connectivity index (χ4v) is 4.23. The van der Waals surface area contributed by atoms with Crippen molar-refractivity contribution in [3.63, 3.8) is 0 Å². The van der Waals surface area contributed by atoms with Gasteiger partial charge < -0.3 is 14.7 Å². The van der Waals surface area contributed by atoms with Crippen LogP contribution in [-0.2, 0) is 4.79 Å². The van der Waals surface area contributed by atoms with Crippen LogP contribution in [0.25, 0.3) is 6.08 Å². The lowest BCUT2D eigenvalue weighted by molar-refractivity contribution is -0.114. The first-order valence-electron chi connectivity index (χ1n) is 8.08. The summed E-state index contributed by atoms with van der Waals surface area (Å²) in [6, 6.07) is 10.6. The minimum Gasteiger partial charge on any atom is -0.506 e. The molecule has 1 saturated heterocycles. The van der Waals surface area contributed by atoms with Gasteiger partial charge in [-0.15, -0.1) is 0 Å². The molecule has 27 heavy (non-hydrogen) atoms. The Morgan fingerprint density at radius 3 is 2.52 bits per heavy atom. The Hall–Kier alpha value is -1.90. The van der Waals surface area contributed by atoms with Crippen molar-refractivity contribution in [3.8, 4) is 11.5 Å². The third-order valence-corrected chi connectivity index (χ3v) is 5.54. The molecule has 0 spiro atoms. The van der Waals surface area contributed by atoms with Crippen molar-refractivity contribution in [1.29, 1.82) is 0 Å². The van der Waals surface area contributed by atoms with Gasteiger partial charge in [-0.05, 0) is 77.5 Å². The number of aromatic hydroxyl groups is 1. The molecule has 0 saturated carbocycles. The van der Waals surface area contributed by atoms with Crippen LogP contribution >= 0.6 is 44.1 Å². The van der Waals surface area contributed by atoms with Crippen LogP contribution in [-0.4, -0.2) is 34.7 Å². The molecule has 5 nitrogen and oxygen atoms in total. The van der Waals surface area contributed by atoms with Gasteiger partial charge in [0.1, 0.15) is 17.2 Å². The fraction of sp³-hybridized carbons (Fsp3) is 0.158. The van der Waals surface area contributed by atoms with Crippen molar-refractivity contribution in [1.82, 2.24) is 4.90 Å². The van der Waals surface area contributed by atoms with E-state index in [-0.39, 0.29) is 11.7 Å². The highest BCUT2D eigenvalue weighted by atomic mass is 79.9. The number of phenolic OH excluding ortho intramolecular Hbond substituents is 1. The molecule has 140 valence electrons. The molecule has 1 amide bonds. The van der Waals surface area contributed by atoms with Crippen LogP contribution in [0.15, 0.2) is 51.0 Å². The monoisotopic (exact) mass is 510 g/mol. The Bertz CT molecular complexity index is 945. The van der Waals surface area contributed by atoms with E-state index < -0.39 is 0 Å². The molecule has 0 atom stereocenters. The summed E-state index contributed by atoms with van der Waals surface area (Å²) in [4.78, 5) is 16.1. The molecule has 3 rings (SSSR count). The summed E-state index contributed by atoms with van der Waals surface area (Å²) in [6.45, 7) is 2.48. The summed E-state index contributed by atoms with van der Waals surface area (Å²) in [6.07, 6.45) is 1.62. The number of benzene rings is 2. The number of phenols is 1. The number of rotatable bonds is 4. The number of amides is 1. The van der Waals surface area contributed by atoms with Gasteiger partial charge in [-0.1, -0.05) is 15.9 Å².